The molecule has 0 aliphatic heterocycles. The van der Waals surface area contributed by atoms with Gasteiger partial charge in [-0.3, -0.25) is 0 Å². The molecule has 1 rings (SSSR count). The maximum Gasteiger partial charge on any atom is 0.387 e. The highest BCUT2D eigenvalue weighted by Gasteiger charge is 2.10. The van der Waals surface area contributed by atoms with Crippen molar-refractivity contribution in [2.24, 2.45) is 4.99 Å². The van der Waals surface area contributed by atoms with E-state index in [1.165, 1.54) is 12.1 Å². The predicted octanol–water partition coefficient (Wildman–Crippen LogP) is 3.98. The van der Waals surface area contributed by atoms with Gasteiger partial charge in [0.1, 0.15) is 5.75 Å². The van der Waals surface area contributed by atoms with Gasteiger partial charge in [0.25, 0.3) is 0 Å². The van der Waals surface area contributed by atoms with Gasteiger partial charge in [-0.1, -0.05) is 11.6 Å². The van der Waals surface area contributed by atoms with Crippen molar-refractivity contribution in [3.05, 3.63) is 28.8 Å². The van der Waals surface area contributed by atoms with Crippen molar-refractivity contribution >= 4 is 53.3 Å². The zero-order valence-corrected chi connectivity index (χ0v) is 16.8. The Balaban J connectivity index is 0.00000484. The van der Waals surface area contributed by atoms with E-state index < -0.39 is 6.61 Å². The van der Waals surface area contributed by atoms with Gasteiger partial charge in [-0.2, -0.15) is 20.5 Å². The van der Waals surface area contributed by atoms with E-state index in [4.69, 9.17) is 11.6 Å². The van der Waals surface area contributed by atoms with E-state index in [0.717, 1.165) is 12.3 Å². The van der Waals surface area contributed by atoms with Gasteiger partial charge in [0.15, 0.2) is 5.96 Å². The second kappa shape index (κ2) is 12.9. The zero-order chi connectivity index (χ0) is 16.4. The molecule has 0 bridgehead atoms. The van der Waals surface area contributed by atoms with Crippen molar-refractivity contribution in [1.82, 2.24) is 10.6 Å². The first kappa shape index (κ1) is 22.5. The summed E-state index contributed by atoms with van der Waals surface area (Å²) in [5.41, 5.74) is 0.509. The smallest absolute Gasteiger partial charge is 0.387 e. The molecule has 0 spiro atoms. The van der Waals surface area contributed by atoms with Crippen molar-refractivity contribution in [3.63, 3.8) is 0 Å². The molecule has 0 aromatic heterocycles. The van der Waals surface area contributed by atoms with Gasteiger partial charge in [0, 0.05) is 29.4 Å². The molecule has 0 aliphatic carbocycles. The van der Waals surface area contributed by atoms with Crippen LogP contribution in [0.4, 0.5) is 8.78 Å². The van der Waals surface area contributed by atoms with Crippen LogP contribution in [0.15, 0.2) is 23.2 Å². The van der Waals surface area contributed by atoms with E-state index in [1.54, 1.807) is 17.8 Å². The number of hydrogen-bond donors (Lipinski definition) is 2. The fourth-order valence-electron chi connectivity index (χ4n) is 1.66. The van der Waals surface area contributed by atoms with Gasteiger partial charge in [0.2, 0.25) is 0 Å². The summed E-state index contributed by atoms with van der Waals surface area (Å²) in [6.07, 6.45) is 2.02. The Morgan fingerprint density at radius 2 is 2.13 bits per heavy atom. The Hall–Kier alpha value is -0.480. The zero-order valence-electron chi connectivity index (χ0n) is 12.9. The first-order valence-corrected chi connectivity index (χ1v) is 8.58. The molecule has 0 amide bonds. The average molecular weight is 480 g/mol. The summed E-state index contributed by atoms with van der Waals surface area (Å²) in [5, 5.41) is 6.71. The van der Waals surface area contributed by atoms with Gasteiger partial charge in [-0.15, -0.1) is 24.0 Å². The minimum absolute atomic E-state index is 0. The van der Waals surface area contributed by atoms with Crippen LogP contribution in [-0.4, -0.2) is 37.7 Å². The number of hydrogen-bond acceptors (Lipinski definition) is 3. The van der Waals surface area contributed by atoms with E-state index in [-0.39, 0.29) is 36.3 Å². The first-order chi connectivity index (χ1) is 10.6. The lowest BCUT2D eigenvalue weighted by molar-refractivity contribution is -0.0504. The molecule has 9 heteroatoms. The average Bonchev–Trinajstić information content (AvgIpc) is 2.47. The van der Waals surface area contributed by atoms with Crippen molar-refractivity contribution in [2.45, 2.75) is 20.1 Å². The molecule has 2 N–H and O–H groups in total. The standard InChI is InChI=1S/C14H20ClF2N3OS.HI/c1-3-18-14(19-6-7-22-2)20-9-10-8-11(15)4-5-12(10)21-13(16)17;/h4-5,8,13H,3,6-7,9H2,1-2H3,(H2,18,19,20);1H. The number of guanidine groups is 1. The second-order valence-corrected chi connectivity index (χ2v) is 5.67. The Kier molecular flexibility index (Phi) is 12.6. The quantitative estimate of drug-likeness (QED) is 0.256. The van der Waals surface area contributed by atoms with E-state index in [2.05, 4.69) is 20.4 Å². The summed E-state index contributed by atoms with van der Waals surface area (Å²) < 4.78 is 29.3. The summed E-state index contributed by atoms with van der Waals surface area (Å²) in [7, 11) is 0. The highest BCUT2D eigenvalue weighted by atomic mass is 127. The summed E-state index contributed by atoms with van der Waals surface area (Å²) in [4.78, 5) is 4.37. The summed E-state index contributed by atoms with van der Waals surface area (Å²) >= 11 is 7.63. The van der Waals surface area contributed by atoms with Crippen molar-refractivity contribution in [3.8, 4) is 5.75 Å². The molecule has 23 heavy (non-hydrogen) atoms. The predicted molar refractivity (Wildman–Crippen MR) is 105 cm³/mol. The van der Waals surface area contributed by atoms with Crippen LogP contribution in [0.5, 0.6) is 5.75 Å². The Morgan fingerprint density at radius 1 is 1.39 bits per heavy atom. The molecule has 0 atom stereocenters. The second-order valence-electron chi connectivity index (χ2n) is 4.25. The fourth-order valence-corrected chi connectivity index (χ4v) is 2.16. The van der Waals surface area contributed by atoms with Gasteiger partial charge in [-0.25, -0.2) is 4.99 Å². The van der Waals surface area contributed by atoms with Crippen molar-refractivity contribution in [2.75, 3.05) is 25.1 Å². The molecule has 0 unspecified atom stereocenters. The molecule has 0 saturated carbocycles. The largest absolute Gasteiger partial charge is 0.434 e. The molecule has 4 nitrogen and oxygen atoms in total. The maximum atomic E-state index is 12.4. The van der Waals surface area contributed by atoms with Crippen LogP contribution in [0.25, 0.3) is 0 Å². The summed E-state index contributed by atoms with van der Waals surface area (Å²) in [6, 6.07) is 4.51. The third kappa shape index (κ3) is 9.41. The Morgan fingerprint density at radius 3 is 2.74 bits per heavy atom. The minimum Gasteiger partial charge on any atom is -0.434 e. The third-order valence-corrected chi connectivity index (χ3v) is 3.44. The van der Waals surface area contributed by atoms with E-state index >= 15 is 0 Å². The number of thioether (sulfide) groups is 1. The van der Waals surface area contributed by atoms with Gasteiger partial charge < -0.3 is 15.4 Å². The van der Waals surface area contributed by atoms with E-state index in [9.17, 15) is 8.78 Å². The molecular weight excluding hydrogens is 459 g/mol. The SMILES string of the molecule is CCNC(=NCc1cc(Cl)ccc1OC(F)F)NCCSC.I. The number of ether oxygens (including phenoxy) is 1. The van der Waals surface area contributed by atoms with Crippen LogP contribution in [0.3, 0.4) is 0 Å². The van der Waals surface area contributed by atoms with E-state index in [0.29, 0.717) is 23.1 Å². The Bertz CT molecular complexity index is 495. The van der Waals surface area contributed by atoms with Crippen LogP contribution in [0, 0.1) is 0 Å². The molecule has 132 valence electrons. The van der Waals surface area contributed by atoms with Crippen LogP contribution in [-0.2, 0) is 6.54 Å². The maximum absolute atomic E-state index is 12.4. The lowest BCUT2D eigenvalue weighted by Crippen LogP contribution is -2.38. The van der Waals surface area contributed by atoms with Crippen molar-refractivity contribution in [1.29, 1.82) is 0 Å². The van der Waals surface area contributed by atoms with Crippen LogP contribution in [0.2, 0.25) is 5.02 Å². The highest BCUT2D eigenvalue weighted by molar-refractivity contribution is 14.0. The molecule has 0 fully saturated rings. The number of nitrogens with one attached hydrogen (secondary N) is 2. The normalized spacial score (nSPS) is 11.1. The molecule has 0 heterocycles. The number of benzene rings is 1. The number of halogens is 4. The molecular formula is C14H21ClF2IN3OS. The lowest BCUT2D eigenvalue weighted by atomic mass is 10.2. The number of alkyl halides is 2. The monoisotopic (exact) mass is 479 g/mol. The molecule has 0 aliphatic rings. The van der Waals surface area contributed by atoms with Crippen LogP contribution in [0.1, 0.15) is 12.5 Å². The molecule has 1 aromatic carbocycles. The highest BCUT2D eigenvalue weighted by Crippen LogP contribution is 2.25. The lowest BCUT2D eigenvalue weighted by Gasteiger charge is -2.12. The fraction of sp³-hybridized carbons (Fsp3) is 0.500. The van der Waals surface area contributed by atoms with E-state index in [1.807, 2.05) is 13.2 Å². The number of aliphatic imine (C=N–C) groups is 1. The van der Waals surface area contributed by atoms with Gasteiger partial charge in [-0.05, 0) is 31.4 Å². The number of nitrogens with zero attached hydrogens (tertiary/aromatic N) is 1. The summed E-state index contributed by atoms with van der Waals surface area (Å²) in [5.74, 6) is 1.66. The molecule has 0 radical (unpaired) electrons. The van der Waals surface area contributed by atoms with Gasteiger partial charge >= 0.3 is 6.61 Å². The van der Waals surface area contributed by atoms with Crippen LogP contribution < -0.4 is 15.4 Å². The van der Waals surface area contributed by atoms with Gasteiger partial charge in [0.05, 0.1) is 6.54 Å². The number of rotatable bonds is 8. The third-order valence-electron chi connectivity index (χ3n) is 2.59. The molecule has 0 saturated heterocycles. The Labute approximate surface area is 161 Å². The summed E-state index contributed by atoms with van der Waals surface area (Å²) in [6.45, 7) is 0.745. The first-order valence-electron chi connectivity index (χ1n) is 6.81. The topological polar surface area (TPSA) is 45.7 Å². The molecule has 1 aromatic rings. The minimum atomic E-state index is -2.88. The van der Waals surface area contributed by atoms with Crippen molar-refractivity contribution < 1.29 is 13.5 Å². The van der Waals surface area contributed by atoms with Crippen LogP contribution >= 0.6 is 47.3 Å².